The molecule has 1 aromatic rings. The van der Waals surface area contributed by atoms with E-state index in [-0.39, 0.29) is 11.9 Å². The van der Waals surface area contributed by atoms with Crippen LogP contribution in [-0.4, -0.2) is 16.9 Å². The largest absolute Gasteiger partial charge is 0.384 e. The minimum atomic E-state index is -0.0509. The van der Waals surface area contributed by atoms with E-state index in [4.69, 9.17) is 5.73 Å². The Kier molecular flexibility index (Phi) is 3.61. The van der Waals surface area contributed by atoms with Crippen molar-refractivity contribution in [1.29, 1.82) is 0 Å². The molecule has 4 nitrogen and oxygen atoms in total. The molecule has 17 heavy (non-hydrogen) atoms. The molecular weight excluding hydrogens is 214 g/mol. The Hall–Kier alpha value is -1.58. The Labute approximate surface area is 102 Å². The van der Waals surface area contributed by atoms with Crippen LogP contribution in [0.25, 0.3) is 0 Å². The van der Waals surface area contributed by atoms with Gasteiger partial charge in [-0.3, -0.25) is 4.79 Å². The summed E-state index contributed by atoms with van der Waals surface area (Å²) < 4.78 is 0. The van der Waals surface area contributed by atoms with E-state index in [0.29, 0.717) is 11.4 Å². The van der Waals surface area contributed by atoms with Gasteiger partial charge in [0, 0.05) is 12.2 Å². The molecule has 0 bridgehead atoms. The molecule has 0 radical (unpaired) electrons. The van der Waals surface area contributed by atoms with Crippen LogP contribution < -0.4 is 11.1 Å². The summed E-state index contributed by atoms with van der Waals surface area (Å²) in [5.41, 5.74) is 6.06. The standard InChI is InChI=1S/C13H19N3O/c1-2-11(7-9-3-4-9)16-13(17)10-5-6-12(14)15-8-10/h5-6,8-9,11H,2-4,7H2,1H3,(H2,14,15)(H,16,17). The van der Waals surface area contributed by atoms with E-state index in [1.807, 2.05) is 0 Å². The maximum atomic E-state index is 11.9. The molecule has 1 fully saturated rings. The zero-order chi connectivity index (χ0) is 12.3. The van der Waals surface area contributed by atoms with Crippen LogP contribution >= 0.6 is 0 Å². The second-order valence-electron chi connectivity index (χ2n) is 4.73. The number of pyridine rings is 1. The highest BCUT2D eigenvalue weighted by molar-refractivity contribution is 5.94. The molecule has 1 atom stereocenters. The van der Waals surface area contributed by atoms with E-state index in [1.165, 1.54) is 19.0 Å². The molecule has 1 saturated carbocycles. The first-order valence-electron chi connectivity index (χ1n) is 6.21. The van der Waals surface area contributed by atoms with Crippen molar-refractivity contribution in [3.8, 4) is 0 Å². The number of nitrogens with zero attached hydrogens (tertiary/aromatic N) is 1. The smallest absolute Gasteiger partial charge is 0.253 e. The van der Waals surface area contributed by atoms with Gasteiger partial charge in [0.25, 0.3) is 5.91 Å². The molecule has 3 N–H and O–H groups in total. The Morgan fingerprint density at radius 1 is 1.59 bits per heavy atom. The minimum absolute atomic E-state index is 0.0509. The predicted molar refractivity (Wildman–Crippen MR) is 67.5 cm³/mol. The quantitative estimate of drug-likeness (QED) is 0.817. The second-order valence-corrected chi connectivity index (χ2v) is 4.73. The van der Waals surface area contributed by atoms with Crippen molar-refractivity contribution in [1.82, 2.24) is 10.3 Å². The Morgan fingerprint density at radius 3 is 2.88 bits per heavy atom. The van der Waals surface area contributed by atoms with Crippen LogP contribution in [-0.2, 0) is 0 Å². The van der Waals surface area contributed by atoms with Crippen LogP contribution in [0, 0.1) is 5.92 Å². The lowest BCUT2D eigenvalue weighted by Gasteiger charge is -2.16. The van der Waals surface area contributed by atoms with Gasteiger partial charge in [-0.2, -0.15) is 0 Å². The van der Waals surface area contributed by atoms with E-state index >= 15 is 0 Å². The number of carbonyl (C=O) groups is 1. The Bertz CT molecular complexity index is 384. The van der Waals surface area contributed by atoms with Gasteiger partial charge in [-0.25, -0.2) is 4.98 Å². The zero-order valence-electron chi connectivity index (χ0n) is 10.1. The summed E-state index contributed by atoms with van der Waals surface area (Å²) in [5, 5.41) is 3.05. The number of anilines is 1. The third-order valence-corrected chi connectivity index (χ3v) is 3.19. The number of hydrogen-bond donors (Lipinski definition) is 2. The lowest BCUT2D eigenvalue weighted by atomic mass is 10.1. The molecule has 1 aliphatic rings. The second kappa shape index (κ2) is 5.17. The van der Waals surface area contributed by atoms with E-state index in [9.17, 15) is 4.79 Å². The van der Waals surface area contributed by atoms with Gasteiger partial charge >= 0.3 is 0 Å². The topological polar surface area (TPSA) is 68.0 Å². The van der Waals surface area contributed by atoms with Crippen LogP contribution in [0.3, 0.4) is 0 Å². The molecule has 1 aliphatic carbocycles. The van der Waals surface area contributed by atoms with Gasteiger partial charge in [0.05, 0.1) is 5.56 Å². The summed E-state index contributed by atoms with van der Waals surface area (Å²) in [6.45, 7) is 2.11. The molecule has 0 aliphatic heterocycles. The Balaban J connectivity index is 1.92. The van der Waals surface area contributed by atoms with Crippen molar-refractivity contribution in [2.45, 2.75) is 38.6 Å². The van der Waals surface area contributed by atoms with E-state index in [1.54, 1.807) is 12.1 Å². The summed E-state index contributed by atoms with van der Waals surface area (Å²) in [4.78, 5) is 15.9. The number of rotatable bonds is 5. The van der Waals surface area contributed by atoms with Gasteiger partial charge in [0.15, 0.2) is 0 Å². The fourth-order valence-electron chi connectivity index (χ4n) is 1.89. The molecule has 0 spiro atoms. The Morgan fingerprint density at radius 2 is 2.35 bits per heavy atom. The average molecular weight is 233 g/mol. The van der Waals surface area contributed by atoms with Gasteiger partial charge in [-0.15, -0.1) is 0 Å². The summed E-state index contributed by atoms with van der Waals surface area (Å²) >= 11 is 0. The monoisotopic (exact) mass is 233 g/mol. The number of nitrogens with one attached hydrogen (secondary N) is 1. The molecule has 0 saturated heterocycles. The number of aromatic nitrogens is 1. The minimum Gasteiger partial charge on any atom is -0.384 e. The lowest BCUT2D eigenvalue weighted by Crippen LogP contribution is -2.34. The number of amides is 1. The maximum absolute atomic E-state index is 11.9. The summed E-state index contributed by atoms with van der Waals surface area (Å²) in [7, 11) is 0. The first-order chi connectivity index (χ1) is 8.19. The molecule has 0 aromatic carbocycles. The average Bonchev–Trinajstić information content (AvgIpc) is 3.13. The van der Waals surface area contributed by atoms with Crippen LogP contribution in [0.4, 0.5) is 5.82 Å². The van der Waals surface area contributed by atoms with E-state index < -0.39 is 0 Å². The first kappa shape index (κ1) is 11.9. The molecule has 2 rings (SSSR count). The normalized spacial score (nSPS) is 16.5. The third kappa shape index (κ3) is 3.44. The molecule has 1 amide bonds. The third-order valence-electron chi connectivity index (χ3n) is 3.19. The number of carbonyl (C=O) groups excluding carboxylic acids is 1. The highest BCUT2D eigenvalue weighted by Crippen LogP contribution is 2.34. The highest BCUT2D eigenvalue weighted by atomic mass is 16.1. The van der Waals surface area contributed by atoms with Crippen LogP contribution in [0.15, 0.2) is 18.3 Å². The molecule has 4 heteroatoms. The van der Waals surface area contributed by atoms with Gasteiger partial charge in [0.1, 0.15) is 5.82 Å². The van der Waals surface area contributed by atoms with Crippen LogP contribution in [0.2, 0.25) is 0 Å². The maximum Gasteiger partial charge on any atom is 0.253 e. The van der Waals surface area contributed by atoms with Crippen LogP contribution in [0.5, 0.6) is 0 Å². The van der Waals surface area contributed by atoms with E-state index in [0.717, 1.165) is 18.8 Å². The van der Waals surface area contributed by atoms with E-state index in [2.05, 4.69) is 17.2 Å². The molecule has 1 aromatic heterocycles. The molecule has 92 valence electrons. The summed E-state index contributed by atoms with van der Waals surface area (Å²) in [6.07, 6.45) is 6.23. The van der Waals surface area contributed by atoms with Crippen molar-refractivity contribution >= 4 is 11.7 Å². The zero-order valence-corrected chi connectivity index (χ0v) is 10.1. The SMILES string of the molecule is CCC(CC1CC1)NC(=O)c1ccc(N)nc1. The lowest BCUT2D eigenvalue weighted by molar-refractivity contribution is 0.0932. The van der Waals surface area contributed by atoms with Gasteiger partial charge < -0.3 is 11.1 Å². The number of nitrogen functional groups attached to an aromatic ring is 1. The van der Waals surface area contributed by atoms with Gasteiger partial charge in [-0.1, -0.05) is 19.8 Å². The van der Waals surface area contributed by atoms with Gasteiger partial charge in [0.2, 0.25) is 0 Å². The first-order valence-corrected chi connectivity index (χ1v) is 6.21. The summed E-state index contributed by atoms with van der Waals surface area (Å²) in [5.74, 6) is 1.21. The summed E-state index contributed by atoms with van der Waals surface area (Å²) in [6, 6.07) is 3.64. The van der Waals surface area contributed by atoms with Crippen LogP contribution in [0.1, 0.15) is 43.0 Å². The molecule has 1 heterocycles. The van der Waals surface area contributed by atoms with Crippen molar-refractivity contribution in [2.24, 2.45) is 5.92 Å². The molecular formula is C13H19N3O. The highest BCUT2D eigenvalue weighted by Gasteiger charge is 2.25. The number of hydrogen-bond acceptors (Lipinski definition) is 3. The van der Waals surface area contributed by atoms with Gasteiger partial charge in [-0.05, 0) is 30.9 Å². The van der Waals surface area contributed by atoms with Crippen molar-refractivity contribution in [2.75, 3.05) is 5.73 Å². The van der Waals surface area contributed by atoms with Crippen molar-refractivity contribution < 1.29 is 4.79 Å². The van der Waals surface area contributed by atoms with Crippen molar-refractivity contribution in [3.63, 3.8) is 0 Å². The fourth-order valence-corrected chi connectivity index (χ4v) is 1.89. The molecule has 1 unspecified atom stereocenters. The fraction of sp³-hybridized carbons (Fsp3) is 0.538. The van der Waals surface area contributed by atoms with Crippen molar-refractivity contribution in [3.05, 3.63) is 23.9 Å². The number of nitrogens with two attached hydrogens (primary N) is 1. The predicted octanol–water partition coefficient (Wildman–Crippen LogP) is 1.97.